The van der Waals surface area contributed by atoms with Crippen molar-refractivity contribution in [1.29, 1.82) is 0 Å². The second kappa shape index (κ2) is 20.9. The second-order valence-corrected chi connectivity index (χ2v) is 29.3. The van der Waals surface area contributed by atoms with Crippen LogP contribution in [-0.4, -0.2) is 111 Å². The highest BCUT2D eigenvalue weighted by atomic mass is 16.3. The third-order valence-corrected chi connectivity index (χ3v) is 25.6. The van der Waals surface area contributed by atoms with E-state index in [9.17, 15) is 51.1 Å². The largest absolute Gasteiger partial charge is 0.390 e. The molecule has 0 unspecified atom stereocenters. The Kier molecular flexibility index (Phi) is 16.7. The van der Waals surface area contributed by atoms with Crippen molar-refractivity contribution in [2.24, 2.45) is 116 Å². The van der Waals surface area contributed by atoms with Gasteiger partial charge in [-0.3, -0.25) is 0 Å². The monoisotopic (exact) mass is 1010 g/mol. The third kappa shape index (κ3) is 9.33. The van der Waals surface area contributed by atoms with Crippen LogP contribution in [0, 0.1) is 116 Å². The van der Waals surface area contributed by atoms with E-state index in [0.717, 1.165) is 64.2 Å². The van der Waals surface area contributed by atoms with Gasteiger partial charge < -0.3 is 51.1 Å². The van der Waals surface area contributed by atoms with E-state index in [1.54, 1.807) is 0 Å². The standard InChI is InChI=1S/C62H108O10/c1-13-37(33(3)4)55(69)53(67)35(7)41-17-19-43-39-29-61(71,51-27-47(63)49(65)31-59(51,11)45(39)21-25-57(41,43)9)23-15-16-24-62(72)30-40-44-20-18-42(36(8)54(68)56(70)38(14-2)34(5)6)58(44,10)26-22-46(40)60(12)32-50(66)48(64)28-52(60)62/h15-16,33-56,63-72H,13-14,17-32H2,1-12H3/b16-15+/t35-,36-,37-,38-,39-,40-,41+,42+,43-,44-,45-,46-,47-,48-,49+,50+,51-,52-,53-,54-,55-,56-,57+,58+,59+,60+,61+,62+/m0/s1. The average Bonchev–Trinajstić information content (AvgIpc) is 3.86. The number of hydrogen-bond donors (Lipinski definition) is 10. The molecule has 0 saturated heterocycles. The highest BCUT2D eigenvalue weighted by molar-refractivity contribution is 5.20. The first kappa shape index (κ1) is 57.5. The Balaban J connectivity index is 1.04. The van der Waals surface area contributed by atoms with Gasteiger partial charge in [-0.2, -0.15) is 0 Å². The molecule has 0 aromatic heterocycles. The molecule has 0 aromatic carbocycles. The van der Waals surface area contributed by atoms with Crippen molar-refractivity contribution >= 4 is 0 Å². The number of aliphatic hydroxyl groups excluding tert-OH is 8. The molecule has 8 fully saturated rings. The van der Waals surface area contributed by atoms with Crippen LogP contribution in [-0.2, 0) is 0 Å². The van der Waals surface area contributed by atoms with E-state index in [1.807, 2.05) is 0 Å². The zero-order valence-electron chi connectivity index (χ0n) is 47.2. The Morgan fingerprint density at radius 2 is 0.778 bits per heavy atom. The summed E-state index contributed by atoms with van der Waals surface area (Å²) in [4.78, 5) is 0. The highest BCUT2D eigenvalue weighted by Gasteiger charge is 2.69. The molecule has 10 heteroatoms. The molecule has 72 heavy (non-hydrogen) atoms. The summed E-state index contributed by atoms with van der Waals surface area (Å²) >= 11 is 0. The van der Waals surface area contributed by atoms with Gasteiger partial charge in [0.25, 0.3) is 0 Å². The van der Waals surface area contributed by atoms with E-state index < -0.39 is 70.9 Å². The predicted octanol–water partition coefficient (Wildman–Crippen LogP) is 9.07. The fourth-order valence-corrected chi connectivity index (χ4v) is 21.8. The van der Waals surface area contributed by atoms with E-state index >= 15 is 0 Å². The van der Waals surface area contributed by atoms with Crippen LogP contribution in [0.3, 0.4) is 0 Å². The van der Waals surface area contributed by atoms with Crippen molar-refractivity contribution in [2.45, 2.75) is 259 Å². The minimum absolute atomic E-state index is 0.0274. The minimum Gasteiger partial charge on any atom is -0.390 e. The fourth-order valence-electron chi connectivity index (χ4n) is 21.8. The van der Waals surface area contributed by atoms with Gasteiger partial charge in [-0.05, 0) is 219 Å². The molecule has 10 N–H and O–H groups in total. The molecule has 10 nitrogen and oxygen atoms in total. The van der Waals surface area contributed by atoms with Crippen molar-refractivity contribution in [3.8, 4) is 0 Å². The highest BCUT2D eigenvalue weighted by Crippen LogP contribution is 2.72. The molecular formula is C62H108O10. The van der Waals surface area contributed by atoms with Gasteiger partial charge in [0, 0.05) is 0 Å². The molecule has 28 atom stereocenters. The summed E-state index contributed by atoms with van der Waals surface area (Å²) in [6, 6.07) is 0. The van der Waals surface area contributed by atoms with E-state index in [2.05, 4.69) is 95.2 Å². The van der Waals surface area contributed by atoms with E-state index in [-0.39, 0.29) is 93.7 Å². The molecule has 0 radical (unpaired) electrons. The van der Waals surface area contributed by atoms with Crippen LogP contribution >= 0.6 is 0 Å². The molecule has 0 heterocycles. The lowest BCUT2D eigenvalue weighted by Gasteiger charge is -2.66. The number of hydrogen-bond acceptors (Lipinski definition) is 10. The molecule has 8 aliphatic carbocycles. The lowest BCUT2D eigenvalue weighted by molar-refractivity contribution is -0.234. The third-order valence-electron chi connectivity index (χ3n) is 25.6. The summed E-state index contributed by atoms with van der Waals surface area (Å²) in [5.41, 5.74) is -3.22. The van der Waals surface area contributed by atoms with Crippen molar-refractivity contribution in [2.75, 3.05) is 0 Å². The van der Waals surface area contributed by atoms with Gasteiger partial charge in [-0.15, -0.1) is 0 Å². The zero-order valence-corrected chi connectivity index (χ0v) is 47.2. The quantitative estimate of drug-likeness (QED) is 0.0665. The number of fused-ring (bicyclic) bond motifs is 10. The molecule has 416 valence electrons. The van der Waals surface area contributed by atoms with E-state index in [4.69, 9.17) is 0 Å². The molecular weight excluding hydrogens is 905 g/mol. The predicted molar refractivity (Wildman–Crippen MR) is 284 cm³/mol. The van der Waals surface area contributed by atoms with Gasteiger partial charge in [-0.25, -0.2) is 0 Å². The van der Waals surface area contributed by atoms with Crippen LogP contribution in [0.5, 0.6) is 0 Å². The van der Waals surface area contributed by atoms with Gasteiger partial charge in [-0.1, -0.05) is 108 Å². The van der Waals surface area contributed by atoms with E-state index in [1.165, 1.54) is 0 Å². The van der Waals surface area contributed by atoms with Gasteiger partial charge in [0.1, 0.15) is 0 Å². The average molecular weight is 1010 g/mol. The van der Waals surface area contributed by atoms with Crippen molar-refractivity contribution in [1.82, 2.24) is 0 Å². The Morgan fingerprint density at radius 3 is 1.10 bits per heavy atom. The van der Waals surface area contributed by atoms with Crippen LogP contribution in [0.4, 0.5) is 0 Å². The lowest BCUT2D eigenvalue weighted by atomic mass is 9.40. The van der Waals surface area contributed by atoms with Crippen molar-refractivity contribution < 1.29 is 51.1 Å². The molecule has 0 bridgehead atoms. The fraction of sp³-hybridized carbons (Fsp3) is 0.968. The number of aliphatic hydroxyl groups is 10. The van der Waals surface area contributed by atoms with Gasteiger partial charge in [0.15, 0.2) is 0 Å². The number of rotatable bonds is 16. The minimum atomic E-state index is -1.15. The van der Waals surface area contributed by atoms with Gasteiger partial charge in [0.2, 0.25) is 0 Å². The summed E-state index contributed by atoms with van der Waals surface area (Å²) in [5, 5.41) is 119. The maximum Gasteiger partial charge on any atom is 0.0832 e. The molecule has 0 aliphatic heterocycles. The Morgan fingerprint density at radius 1 is 0.444 bits per heavy atom. The SMILES string of the molecule is CC[C@@H](C(C)C)[C@H](O)[C@@H](O)[C@@H](C)[C@H]1CC[C@H]2[C@@H]3C[C@](O)(C/C=C/C[C@@]4(O)C[C@@H]5[C@H](CC[C@]6(C)[C@@H]([C@H](C)[C@H](O)[C@@H](O)[C@@H](CC)C(C)C)CC[C@@H]56)[C@@]5(C)C[C@@H](O)[C@@H](O)C[C@H]45)[C@H]4C[C@H](O)[C@H](O)C[C@]4(C)[C@H]3CC[C@]12C. The van der Waals surface area contributed by atoms with Crippen LogP contribution in [0.2, 0.25) is 0 Å². The summed E-state index contributed by atoms with van der Waals surface area (Å²) in [7, 11) is 0. The second-order valence-electron chi connectivity index (χ2n) is 29.3. The first-order chi connectivity index (χ1) is 33.6. The summed E-state index contributed by atoms with van der Waals surface area (Å²) < 4.78 is 0. The molecule has 8 saturated carbocycles. The maximum atomic E-state index is 13.4. The molecule has 8 aliphatic rings. The molecule has 0 aromatic rings. The Hall–Kier alpha value is -0.660. The normalized spacial score (nSPS) is 50.4. The van der Waals surface area contributed by atoms with Gasteiger partial charge in [0.05, 0.1) is 60.0 Å². The van der Waals surface area contributed by atoms with E-state index in [0.29, 0.717) is 63.2 Å². The summed E-state index contributed by atoms with van der Waals surface area (Å²) in [6.07, 6.45) is 10.5. The Bertz CT molecular complexity index is 1750. The zero-order chi connectivity index (χ0) is 53.0. The lowest BCUT2D eigenvalue weighted by Crippen LogP contribution is -2.65. The first-order valence-corrected chi connectivity index (χ1v) is 30.1. The van der Waals surface area contributed by atoms with Crippen LogP contribution in [0.15, 0.2) is 12.2 Å². The molecule has 8 rings (SSSR count). The topological polar surface area (TPSA) is 202 Å². The molecule has 0 amide bonds. The van der Waals surface area contributed by atoms with Crippen LogP contribution in [0.25, 0.3) is 0 Å². The Labute approximate surface area is 436 Å². The van der Waals surface area contributed by atoms with Crippen LogP contribution < -0.4 is 0 Å². The summed E-state index contributed by atoms with van der Waals surface area (Å²) in [6.45, 7) is 26.4. The first-order valence-electron chi connectivity index (χ1n) is 30.1. The maximum absolute atomic E-state index is 13.4. The van der Waals surface area contributed by atoms with Crippen LogP contribution in [0.1, 0.15) is 199 Å². The van der Waals surface area contributed by atoms with Crippen molar-refractivity contribution in [3.05, 3.63) is 12.2 Å². The van der Waals surface area contributed by atoms with Crippen molar-refractivity contribution in [3.63, 3.8) is 0 Å². The molecule has 0 spiro atoms. The smallest absolute Gasteiger partial charge is 0.0832 e. The summed E-state index contributed by atoms with van der Waals surface area (Å²) in [5.74, 6) is 2.06. The van der Waals surface area contributed by atoms with Gasteiger partial charge >= 0.3 is 0 Å².